The van der Waals surface area contributed by atoms with Crippen molar-refractivity contribution in [1.29, 1.82) is 0 Å². The predicted octanol–water partition coefficient (Wildman–Crippen LogP) is 3.84. The minimum Gasteiger partial charge on any atom is -0.386 e. The molecule has 0 radical (unpaired) electrons. The molecule has 0 unspecified atom stereocenters. The molecule has 0 spiro atoms. The molecule has 1 heteroatoms. The zero-order valence-electron chi connectivity index (χ0n) is 11.0. The third-order valence-electron chi connectivity index (χ3n) is 4.38. The first kappa shape index (κ1) is 11.9. The second-order valence-electron chi connectivity index (χ2n) is 6.38. The summed E-state index contributed by atoms with van der Waals surface area (Å²) in [6.45, 7) is 8.47. The SMILES string of the molecule is C[C@@H]1CCC[C@]2(C)CC=C(C(C)(C)O)C=C12. The Balaban J connectivity index is 2.34. The Kier molecular flexibility index (Phi) is 2.78. The van der Waals surface area contributed by atoms with Crippen LogP contribution in [0.1, 0.15) is 53.4 Å². The number of hydrogen-bond donors (Lipinski definition) is 1. The zero-order valence-corrected chi connectivity index (χ0v) is 11.0. The van der Waals surface area contributed by atoms with E-state index in [1.54, 1.807) is 5.57 Å². The van der Waals surface area contributed by atoms with Crippen LogP contribution >= 0.6 is 0 Å². The molecule has 0 bridgehead atoms. The lowest BCUT2D eigenvalue weighted by molar-refractivity contribution is 0.120. The van der Waals surface area contributed by atoms with Crippen LogP contribution in [0.3, 0.4) is 0 Å². The van der Waals surface area contributed by atoms with Gasteiger partial charge in [-0.3, -0.25) is 0 Å². The van der Waals surface area contributed by atoms with Gasteiger partial charge in [-0.15, -0.1) is 0 Å². The fourth-order valence-electron chi connectivity index (χ4n) is 3.22. The molecule has 2 atom stereocenters. The number of aliphatic hydroxyl groups is 1. The smallest absolute Gasteiger partial charge is 0.0837 e. The Morgan fingerprint density at radius 1 is 1.44 bits per heavy atom. The van der Waals surface area contributed by atoms with E-state index < -0.39 is 5.60 Å². The van der Waals surface area contributed by atoms with Crippen LogP contribution in [0.25, 0.3) is 0 Å². The van der Waals surface area contributed by atoms with E-state index >= 15 is 0 Å². The van der Waals surface area contributed by atoms with Gasteiger partial charge in [0.15, 0.2) is 0 Å². The average Bonchev–Trinajstić information content (AvgIpc) is 2.15. The molecular formula is C15H24O. The summed E-state index contributed by atoms with van der Waals surface area (Å²) >= 11 is 0. The van der Waals surface area contributed by atoms with Crippen LogP contribution in [-0.2, 0) is 0 Å². The standard InChI is InChI=1S/C15H24O/c1-11-6-5-8-15(4)9-7-12(10-13(11)15)14(2,3)16/h7,10-11,16H,5-6,8-9H2,1-4H3/t11-,15-/m1/s1. The number of fused-ring (bicyclic) bond motifs is 1. The van der Waals surface area contributed by atoms with Gasteiger partial charge in [0, 0.05) is 0 Å². The van der Waals surface area contributed by atoms with Crippen molar-refractivity contribution in [3.8, 4) is 0 Å². The Hall–Kier alpha value is -0.560. The second-order valence-corrected chi connectivity index (χ2v) is 6.38. The molecule has 0 heterocycles. The lowest BCUT2D eigenvalue weighted by Crippen LogP contribution is -2.32. The Morgan fingerprint density at radius 2 is 2.12 bits per heavy atom. The molecule has 2 rings (SSSR count). The molecule has 0 aromatic heterocycles. The largest absolute Gasteiger partial charge is 0.386 e. The minimum absolute atomic E-state index is 0.367. The summed E-state index contributed by atoms with van der Waals surface area (Å²) in [5.74, 6) is 0.685. The first-order valence-electron chi connectivity index (χ1n) is 6.48. The highest BCUT2D eigenvalue weighted by Crippen LogP contribution is 2.49. The molecular weight excluding hydrogens is 196 g/mol. The predicted molar refractivity (Wildman–Crippen MR) is 68.2 cm³/mol. The molecule has 1 fully saturated rings. The van der Waals surface area contributed by atoms with Gasteiger partial charge in [0.1, 0.15) is 0 Å². The van der Waals surface area contributed by atoms with Crippen LogP contribution in [-0.4, -0.2) is 10.7 Å². The van der Waals surface area contributed by atoms with E-state index in [9.17, 15) is 5.11 Å². The third-order valence-corrected chi connectivity index (χ3v) is 4.38. The molecule has 0 aromatic rings. The van der Waals surface area contributed by atoms with Crippen molar-refractivity contribution in [3.63, 3.8) is 0 Å². The third kappa shape index (κ3) is 1.98. The quantitative estimate of drug-likeness (QED) is 0.712. The lowest BCUT2D eigenvalue weighted by atomic mass is 9.62. The molecule has 0 aromatic carbocycles. The molecule has 0 aliphatic heterocycles. The highest BCUT2D eigenvalue weighted by atomic mass is 16.3. The van der Waals surface area contributed by atoms with Crippen LogP contribution in [0.2, 0.25) is 0 Å². The number of allylic oxidation sites excluding steroid dienone is 2. The molecule has 0 amide bonds. The molecule has 90 valence electrons. The van der Waals surface area contributed by atoms with Crippen molar-refractivity contribution in [1.82, 2.24) is 0 Å². The van der Waals surface area contributed by atoms with E-state index in [2.05, 4.69) is 26.0 Å². The van der Waals surface area contributed by atoms with E-state index in [0.29, 0.717) is 11.3 Å². The van der Waals surface area contributed by atoms with Gasteiger partial charge in [0.2, 0.25) is 0 Å². The topological polar surface area (TPSA) is 20.2 Å². The van der Waals surface area contributed by atoms with Crippen molar-refractivity contribution in [2.45, 2.75) is 59.0 Å². The highest BCUT2D eigenvalue weighted by Gasteiger charge is 2.37. The van der Waals surface area contributed by atoms with E-state index in [1.165, 1.54) is 19.3 Å². The Morgan fingerprint density at radius 3 is 2.75 bits per heavy atom. The van der Waals surface area contributed by atoms with Gasteiger partial charge < -0.3 is 5.11 Å². The normalized spacial score (nSPS) is 35.2. The Bertz CT molecular complexity index is 343. The summed E-state index contributed by atoms with van der Waals surface area (Å²) in [6.07, 6.45) is 9.57. The fourth-order valence-corrected chi connectivity index (χ4v) is 3.22. The van der Waals surface area contributed by atoms with E-state index in [-0.39, 0.29) is 0 Å². The Labute approximate surface area is 99.3 Å². The molecule has 1 nitrogen and oxygen atoms in total. The van der Waals surface area contributed by atoms with E-state index in [0.717, 1.165) is 12.0 Å². The second kappa shape index (κ2) is 3.73. The molecule has 16 heavy (non-hydrogen) atoms. The van der Waals surface area contributed by atoms with Crippen LogP contribution < -0.4 is 0 Å². The van der Waals surface area contributed by atoms with Gasteiger partial charge in [-0.05, 0) is 50.0 Å². The molecule has 0 saturated heterocycles. The summed E-state index contributed by atoms with van der Waals surface area (Å²) in [4.78, 5) is 0. The minimum atomic E-state index is -0.689. The molecule has 1 saturated carbocycles. The van der Waals surface area contributed by atoms with Gasteiger partial charge >= 0.3 is 0 Å². The van der Waals surface area contributed by atoms with Crippen molar-refractivity contribution >= 4 is 0 Å². The summed E-state index contributed by atoms with van der Waals surface area (Å²) in [5, 5.41) is 10.1. The maximum absolute atomic E-state index is 10.1. The summed E-state index contributed by atoms with van der Waals surface area (Å²) in [7, 11) is 0. The van der Waals surface area contributed by atoms with E-state index in [1.807, 2.05) is 13.8 Å². The lowest BCUT2D eigenvalue weighted by Gasteiger charge is -2.43. The maximum atomic E-state index is 10.1. The van der Waals surface area contributed by atoms with Gasteiger partial charge in [0.25, 0.3) is 0 Å². The summed E-state index contributed by atoms with van der Waals surface area (Å²) < 4.78 is 0. The van der Waals surface area contributed by atoms with Crippen molar-refractivity contribution in [2.24, 2.45) is 11.3 Å². The number of rotatable bonds is 1. The monoisotopic (exact) mass is 220 g/mol. The van der Waals surface area contributed by atoms with Gasteiger partial charge in [-0.2, -0.15) is 0 Å². The van der Waals surface area contributed by atoms with Crippen LogP contribution in [0.15, 0.2) is 23.3 Å². The van der Waals surface area contributed by atoms with Gasteiger partial charge in [-0.25, -0.2) is 0 Å². The average molecular weight is 220 g/mol. The van der Waals surface area contributed by atoms with Crippen LogP contribution in [0, 0.1) is 11.3 Å². The van der Waals surface area contributed by atoms with Crippen LogP contribution in [0.5, 0.6) is 0 Å². The highest BCUT2D eigenvalue weighted by molar-refractivity contribution is 5.39. The van der Waals surface area contributed by atoms with Crippen molar-refractivity contribution in [2.75, 3.05) is 0 Å². The van der Waals surface area contributed by atoms with E-state index in [4.69, 9.17) is 0 Å². The maximum Gasteiger partial charge on any atom is 0.0837 e. The van der Waals surface area contributed by atoms with Gasteiger partial charge in [0.05, 0.1) is 5.60 Å². The first-order chi connectivity index (χ1) is 7.33. The van der Waals surface area contributed by atoms with Crippen molar-refractivity contribution in [3.05, 3.63) is 23.3 Å². The first-order valence-corrected chi connectivity index (χ1v) is 6.48. The number of hydrogen-bond acceptors (Lipinski definition) is 1. The summed E-state index contributed by atoms with van der Waals surface area (Å²) in [5.41, 5.74) is 2.35. The summed E-state index contributed by atoms with van der Waals surface area (Å²) in [6, 6.07) is 0. The van der Waals surface area contributed by atoms with Crippen molar-refractivity contribution < 1.29 is 5.11 Å². The molecule has 2 aliphatic rings. The fraction of sp³-hybridized carbons (Fsp3) is 0.733. The molecule has 2 aliphatic carbocycles. The van der Waals surface area contributed by atoms with Crippen LogP contribution in [0.4, 0.5) is 0 Å². The van der Waals surface area contributed by atoms with Gasteiger partial charge in [-0.1, -0.05) is 38.0 Å². The zero-order chi connectivity index (χ0) is 12.0. The molecule has 1 N–H and O–H groups in total.